The maximum atomic E-state index is 12.4. The van der Waals surface area contributed by atoms with Gasteiger partial charge in [0, 0.05) is 24.8 Å². The highest BCUT2D eigenvalue weighted by Gasteiger charge is 2.27. The molecule has 1 saturated heterocycles. The number of rotatable bonds is 7. The summed E-state index contributed by atoms with van der Waals surface area (Å²) in [5.74, 6) is 1.82. The minimum atomic E-state index is -0.247. The van der Waals surface area contributed by atoms with Gasteiger partial charge in [0.2, 0.25) is 0 Å². The molecule has 2 heterocycles. The number of carbonyl (C=O) groups is 1. The van der Waals surface area contributed by atoms with Gasteiger partial charge in [-0.05, 0) is 49.9 Å². The maximum Gasteiger partial charge on any atom is 0.319 e. The van der Waals surface area contributed by atoms with Crippen molar-refractivity contribution in [3.8, 4) is 5.75 Å². The Morgan fingerprint density at radius 2 is 2.06 bits per heavy atom. The minimum absolute atomic E-state index is 0.0235. The molecule has 1 atom stereocenters. The number of aromatic nitrogens is 2. The fourth-order valence-electron chi connectivity index (χ4n) is 3.60. The van der Waals surface area contributed by atoms with Gasteiger partial charge in [-0.15, -0.1) is 0 Å². The fourth-order valence-corrected chi connectivity index (χ4v) is 3.60. The third-order valence-corrected chi connectivity index (χ3v) is 5.47. The van der Waals surface area contributed by atoms with Crippen LogP contribution in [0.2, 0.25) is 0 Å². The Labute approximate surface area is 180 Å². The summed E-state index contributed by atoms with van der Waals surface area (Å²) in [6, 6.07) is 7.19. The molecule has 1 aromatic heterocycles. The standard InChI is InChI=1S/C21H27N7O3/c1-30-25-11-18-19(22)23-13-24-20(18)28-10-9-15(12-28)27-21(29)26-14-5-7-17(8-6-14)31-16-3-2-4-16/h5-8,11,13,15-16H,2-4,9-10,12H2,1H3,(H2,22,23,24)(H2,26,27,29)/b25-11+. The molecule has 1 saturated carbocycles. The van der Waals surface area contributed by atoms with E-state index in [9.17, 15) is 4.79 Å². The van der Waals surface area contributed by atoms with Crippen LogP contribution in [0.3, 0.4) is 0 Å². The Kier molecular flexibility index (Phi) is 6.34. The van der Waals surface area contributed by atoms with Crippen molar-refractivity contribution in [2.24, 2.45) is 5.16 Å². The van der Waals surface area contributed by atoms with Crippen LogP contribution in [-0.2, 0) is 4.84 Å². The molecule has 164 valence electrons. The second-order valence-electron chi connectivity index (χ2n) is 7.64. The van der Waals surface area contributed by atoms with Crippen LogP contribution in [0.4, 0.5) is 22.1 Å². The Balaban J connectivity index is 1.30. The highest BCUT2D eigenvalue weighted by atomic mass is 16.6. The Hall–Kier alpha value is -3.56. The molecule has 2 amide bonds. The topological polar surface area (TPSA) is 127 Å². The number of amides is 2. The van der Waals surface area contributed by atoms with Crippen molar-refractivity contribution >= 4 is 29.6 Å². The normalized spacial score (nSPS) is 18.6. The molecule has 1 aliphatic heterocycles. The molecule has 4 rings (SSSR count). The number of hydrogen-bond donors (Lipinski definition) is 3. The average Bonchev–Trinajstić information content (AvgIpc) is 3.19. The second-order valence-corrected chi connectivity index (χ2v) is 7.64. The van der Waals surface area contributed by atoms with Crippen LogP contribution in [0.1, 0.15) is 31.2 Å². The SMILES string of the molecule is CO/N=C/c1c(N)ncnc1N1CCC(NC(=O)Nc2ccc(OC3CCC3)cc2)C1. The summed E-state index contributed by atoms with van der Waals surface area (Å²) in [4.78, 5) is 27.6. The Morgan fingerprint density at radius 1 is 1.26 bits per heavy atom. The predicted octanol–water partition coefficient (Wildman–Crippen LogP) is 2.37. The number of nitrogen functional groups attached to an aromatic ring is 1. The van der Waals surface area contributed by atoms with E-state index < -0.39 is 0 Å². The van der Waals surface area contributed by atoms with Gasteiger partial charge in [0.1, 0.15) is 30.8 Å². The number of nitrogens with zero attached hydrogens (tertiary/aromatic N) is 4. The zero-order valence-electron chi connectivity index (χ0n) is 17.5. The summed E-state index contributed by atoms with van der Waals surface area (Å²) in [5.41, 5.74) is 7.28. The molecule has 0 bridgehead atoms. The third kappa shape index (κ3) is 5.14. The number of oxime groups is 1. The third-order valence-electron chi connectivity index (χ3n) is 5.47. The van der Waals surface area contributed by atoms with Crippen molar-refractivity contribution in [1.82, 2.24) is 15.3 Å². The number of benzene rings is 1. The summed E-state index contributed by atoms with van der Waals surface area (Å²) in [6.07, 6.45) is 7.49. The number of carbonyl (C=O) groups excluding carboxylic acids is 1. The van der Waals surface area contributed by atoms with E-state index in [0.29, 0.717) is 29.8 Å². The quantitative estimate of drug-likeness (QED) is 0.459. The van der Waals surface area contributed by atoms with Gasteiger partial charge in [-0.25, -0.2) is 14.8 Å². The molecule has 2 aromatic rings. The molecule has 31 heavy (non-hydrogen) atoms. The van der Waals surface area contributed by atoms with Crippen LogP contribution < -0.4 is 26.0 Å². The lowest BCUT2D eigenvalue weighted by atomic mass is 9.96. The molecular formula is C21H27N7O3. The highest BCUT2D eigenvalue weighted by Crippen LogP contribution is 2.26. The van der Waals surface area contributed by atoms with Gasteiger partial charge in [0.25, 0.3) is 0 Å². The first-order valence-corrected chi connectivity index (χ1v) is 10.4. The van der Waals surface area contributed by atoms with E-state index in [0.717, 1.165) is 37.2 Å². The van der Waals surface area contributed by atoms with Crippen LogP contribution in [0, 0.1) is 0 Å². The van der Waals surface area contributed by atoms with Crippen molar-refractivity contribution in [2.45, 2.75) is 37.8 Å². The number of urea groups is 1. The van der Waals surface area contributed by atoms with Gasteiger partial charge in [-0.2, -0.15) is 0 Å². The molecule has 4 N–H and O–H groups in total. The van der Waals surface area contributed by atoms with E-state index in [4.69, 9.17) is 15.3 Å². The summed E-state index contributed by atoms with van der Waals surface area (Å²) in [7, 11) is 1.46. The number of ether oxygens (including phenoxy) is 1. The fraction of sp³-hybridized carbons (Fsp3) is 0.429. The molecule has 2 aliphatic rings. The summed E-state index contributed by atoms with van der Waals surface area (Å²) in [6.45, 7) is 1.33. The highest BCUT2D eigenvalue weighted by molar-refractivity contribution is 5.92. The van der Waals surface area contributed by atoms with E-state index in [1.165, 1.54) is 26.1 Å². The monoisotopic (exact) mass is 425 g/mol. The largest absolute Gasteiger partial charge is 0.490 e. The zero-order valence-corrected chi connectivity index (χ0v) is 17.5. The molecule has 1 aliphatic carbocycles. The van der Waals surface area contributed by atoms with Gasteiger partial charge in [0.05, 0.1) is 17.9 Å². The molecule has 2 fully saturated rings. The van der Waals surface area contributed by atoms with E-state index in [-0.39, 0.29) is 12.1 Å². The molecule has 10 nitrogen and oxygen atoms in total. The van der Waals surface area contributed by atoms with Crippen LogP contribution >= 0.6 is 0 Å². The van der Waals surface area contributed by atoms with Crippen molar-refractivity contribution < 1.29 is 14.4 Å². The van der Waals surface area contributed by atoms with Crippen LogP contribution in [0.25, 0.3) is 0 Å². The summed E-state index contributed by atoms with van der Waals surface area (Å²) >= 11 is 0. The summed E-state index contributed by atoms with van der Waals surface area (Å²) in [5, 5.41) is 9.67. The zero-order chi connectivity index (χ0) is 21.6. The van der Waals surface area contributed by atoms with Crippen LogP contribution in [0.5, 0.6) is 5.75 Å². The summed E-state index contributed by atoms with van der Waals surface area (Å²) < 4.78 is 5.84. The van der Waals surface area contributed by atoms with Crippen LogP contribution in [-0.4, -0.2) is 54.6 Å². The maximum absolute atomic E-state index is 12.4. The van der Waals surface area contributed by atoms with Gasteiger partial charge in [0.15, 0.2) is 0 Å². The van der Waals surface area contributed by atoms with Crippen molar-refractivity contribution in [1.29, 1.82) is 0 Å². The lowest BCUT2D eigenvalue weighted by molar-refractivity contribution is 0.120. The van der Waals surface area contributed by atoms with Gasteiger partial charge in [-0.1, -0.05) is 5.16 Å². The van der Waals surface area contributed by atoms with E-state index >= 15 is 0 Å². The van der Waals surface area contributed by atoms with Crippen molar-refractivity contribution in [3.05, 3.63) is 36.2 Å². The molecular weight excluding hydrogens is 398 g/mol. The van der Waals surface area contributed by atoms with E-state index in [1.807, 2.05) is 29.2 Å². The number of anilines is 3. The minimum Gasteiger partial charge on any atom is -0.490 e. The van der Waals surface area contributed by atoms with Gasteiger partial charge in [-0.3, -0.25) is 0 Å². The molecule has 1 aromatic carbocycles. The van der Waals surface area contributed by atoms with E-state index in [2.05, 4.69) is 25.8 Å². The Morgan fingerprint density at radius 3 is 2.77 bits per heavy atom. The first-order valence-electron chi connectivity index (χ1n) is 10.4. The Bertz CT molecular complexity index is 931. The smallest absolute Gasteiger partial charge is 0.319 e. The molecule has 10 heteroatoms. The predicted molar refractivity (Wildman–Crippen MR) is 119 cm³/mol. The van der Waals surface area contributed by atoms with Crippen molar-refractivity contribution in [2.75, 3.05) is 36.1 Å². The van der Waals surface area contributed by atoms with Gasteiger partial charge >= 0.3 is 6.03 Å². The number of hydrogen-bond acceptors (Lipinski definition) is 8. The first-order chi connectivity index (χ1) is 15.1. The van der Waals surface area contributed by atoms with Crippen LogP contribution in [0.15, 0.2) is 35.7 Å². The van der Waals surface area contributed by atoms with Gasteiger partial charge < -0.3 is 30.8 Å². The molecule has 1 unspecified atom stereocenters. The van der Waals surface area contributed by atoms with Crippen molar-refractivity contribution in [3.63, 3.8) is 0 Å². The number of nitrogens with one attached hydrogen (secondary N) is 2. The lowest BCUT2D eigenvalue weighted by Gasteiger charge is -2.26. The molecule has 0 spiro atoms. The second kappa shape index (κ2) is 9.50. The number of nitrogens with two attached hydrogens (primary N) is 1. The lowest BCUT2D eigenvalue weighted by Crippen LogP contribution is -2.40. The molecule has 0 radical (unpaired) electrons. The van der Waals surface area contributed by atoms with E-state index in [1.54, 1.807) is 0 Å². The average molecular weight is 425 g/mol. The first kappa shape index (κ1) is 20.7.